The third-order valence-electron chi connectivity index (χ3n) is 5.59. The Morgan fingerprint density at radius 1 is 1.16 bits per heavy atom. The summed E-state index contributed by atoms with van der Waals surface area (Å²) in [6.07, 6.45) is 3.25. The predicted molar refractivity (Wildman–Crippen MR) is 122 cm³/mol. The van der Waals surface area contributed by atoms with Crippen LogP contribution in [-0.4, -0.2) is 57.0 Å². The van der Waals surface area contributed by atoms with Gasteiger partial charge in [0, 0.05) is 55.6 Å². The number of hydrogen-bond acceptors (Lipinski definition) is 8. The molecular weight excluding hydrogens is 411 g/mol. The van der Waals surface area contributed by atoms with Gasteiger partial charge in [0.15, 0.2) is 5.82 Å². The molecule has 0 radical (unpaired) electrons. The van der Waals surface area contributed by atoms with Crippen molar-refractivity contribution in [3.8, 4) is 5.88 Å². The normalized spacial score (nSPS) is 19.0. The number of methoxy groups -OCH3 is 1. The van der Waals surface area contributed by atoms with Gasteiger partial charge in [0.05, 0.1) is 12.6 Å². The van der Waals surface area contributed by atoms with E-state index in [0.29, 0.717) is 51.3 Å². The molecule has 0 saturated carbocycles. The van der Waals surface area contributed by atoms with Gasteiger partial charge >= 0.3 is 0 Å². The second-order valence-corrected chi connectivity index (χ2v) is 8.30. The first-order valence-electron chi connectivity index (χ1n) is 10.5. The highest BCUT2D eigenvalue weighted by atomic mass is 19.1. The molecule has 32 heavy (non-hydrogen) atoms. The van der Waals surface area contributed by atoms with Gasteiger partial charge in [0.25, 0.3) is 0 Å². The first kappa shape index (κ1) is 20.4. The third kappa shape index (κ3) is 3.66. The molecule has 3 aromatic heterocycles. The fourth-order valence-corrected chi connectivity index (χ4v) is 4.37. The maximum atomic E-state index is 14.5. The van der Waals surface area contributed by atoms with Crippen LogP contribution in [0.2, 0.25) is 0 Å². The summed E-state index contributed by atoms with van der Waals surface area (Å²) in [4.78, 5) is 15.8. The highest BCUT2D eigenvalue weighted by Crippen LogP contribution is 2.34. The van der Waals surface area contributed by atoms with Gasteiger partial charge in [0.2, 0.25) is 5.88 Å². The zero-order valence-electron chi connectivity index (χ0n) is 18.4. The molecule has 5 rings (SSSR count). The number of aromatic nitrogens is 5. The zero-order valence-corrected chi connectivity index (χ0v) is 18.4. The Bertz CT molecular complexity index is 1300. The van der Waals surface area contributed by atoms with Crippen LogP contribution in [0.25, 0.3) is 21.8 Å². The van der Waals surface area contributed by atoms with Gasteiger partial charge in [0.1, 0.15) is 28.9 Å². The number of nitrogens with one attached hydrogen (secondary N) is 2. The van der Waals surface area contributed by atoms with Crippen LogP contribution in [0.5, 0.6) is 5.88 Å². The standard InChI is InChI=1S/C22H25FN8O/c1-12-8-31(9-13(2)26-12)18-7-17-19(22(28-18)32-4)21(25-11-24-17)27-15-5-14-10-30(3)29-20(14)16(23)6-15/h5-7,10-13,26H,8-9H2,1-4H3,(H,24,25,27)/t12-,13+. The van der Waals surface area contributed by atoms with Crippen LogP contribution in [0.3, 0.4) is 0 Å². The summed E-state index contributed by atoms with van der Waals surface area (Å²) in [5.41, 5.74) is 1.58. The van der Waals surface area contributed by atoms with E-state index in [4.69, 9.17) is 9.72 Å². The largest absolute Gasteiger partial charge is 0.480 e. The van der Waals surface area contributed by atoms with Crippen molar-refractivity contribution in [2.24, 2.45) is 7.05 Å². The van der Waals surface area contributed by atoms with Crippen molar-refractivity contribution >= 4 is 39.1 Å². The minimum atomic E-state index is -0.404. The Balaban J connectivity index is 1.56. The summed E-state index contributed by atoms with van der Waals surface area (Å²) < 4.78 is 21.8. The Morgan fingerprint density at radius 2 is 1.94 bits per heavy atom. The molecule has 0 amide bonds. The van der Waals surface area contributed by atoms with Crippen LogP contribution in [0.4, 0.5) is 21.7 Å². The number of rotatable bonds is 4. The topological polar surface area (TPSA) is 93.0 Å². The van der Waals surface area contributed by atoms with Crippen molar-refractivity contribution in [1.82, 2.24) is 30.0 Å². The molecular formula is C22H25FN8O. The van der Waals surface area contributed by atoms with E-state index in [2.05, 4.69) is 44.4 Å². The number of piperazine rings is 1. The average molecular weight is 436 g/mol. The van der Waals surface area contributed by atoms with Crippen molar-refractivity contribution in [3.63, 3.8) is 0 Å². The second kappa shape index (κ2) is 7.86. The molecule has 0 bridgehead atoms. The maximum Gasteiger partial charge on any atom is 0.228 e. The van der Waals surface area contributed by atoms with Crippen LogP contribution >= 0.6 is 0 Å². The van der Waals surface area contributed by atoms with Gasteiger partial charge in [-0.1, -0.05) is 0 Å². The lowest BCUT2D eigenvalue weighted by molar-refractivity contribution is 0.393. The molecule has 1 saturated heterocycles. The van der Waals surface area contributed by atoms with Crippen molar-refractivity contribution in [2.75, 3.05) is 30.4 Å². The number of anilines is 3. The van der Waals surface area contributed by atoms with Gasteiger partial charge < -0.3 is 20.3 Å². The Morgan fingerprint density at radius 3 is 2.69 bits per heavy atom. The van der Waals surface area contributed by atoms with E-state index in [9.17, 15) is 4.39 Å². The van der Waals surface area contributed by atoms with Gasteiger partial charge in [-0.25, -0.2) is 14.4 Å². The Hall–Kier alpha value is -3.53. The van der Waals surface area contributed by atoms with E-state index in [-0.39, 0.29) is 0 Å². The van der Waals surface area contributed by atoms with Crippen molar-refractivity contribution in [2.45, 2.75) is 25.9 Å². The first-order chi connectivity index (χ1) is 15.4. The summed E-state index contributed by atoms with van der Waals surface area (Å²) in [5, 5.41) is 12.2. The summed E-state index contributed by atoms with van der Waals surface area (Å²) >= 11 is 0. The van der Waals surface area contributed by atoms with Gasteiger partial charge in [-0.3, -0.25) is 4.68 Å². The molecule has 1 fully saturated rings. The van der Waals surface area contributed by atoms with Gasteiger partial charge in [-0.15, -0.1) is 0 Å². The van der Waals surface area contributed by atoms with Gasteiger partial charge in [-0.2, -0.15) is 10.1 Å². The molecule has 2 atom stereocenters. The molecule has 0 spiro atoms. The minimum Gasteiger partial charge on any atom is -0.480 e. The third-order valence-corrected chi connectivity index (χ3v) is 5.59. The van der Waals surface area contributed by atoms with Crippen molar-refractivity contribution < 1.29 is 9.13 Å². The number of pyridine rings is 1. The Kier molecular flexibility index (Phi) is 5.01. The SMILES string of the molecule is COc1nc(N2C[C@@H](C)N[C@@H](C)C2)cc2ncnc(Nc3cc(F)c4nn(C)cc4c3)c12. The molecule has 166 valence electrons. The first-order valence-corrected chi connectivity index (χ1v) is 10.5. The number of aryl methyl sites for hydroxylation is 1. The lowest BCUT2D eigenvalue weighted by atomic mass is 10.1. The molecule has 4 heterocycles. The van der Waals surface area contributed by atoms with E-state index in [1.807, 2.05) is 12.1 Å². The fourth-order valence-electron chi connectivity index (χ4n) is 4.37. The highest BCUT2D eigenvalue weighted by Gasteiger charge is 2.24. The van der Waals surface area contributed by atoms with E-state index < -0.39 is 5.82 Å². The van der Waals surface area contributed by atoms with Crippen LogP contribution in [0.15, 0.2) is 30.7 Å². The van der Waals surface area contributed by atoms with E-state index in [0.717, 1.165) is 18.9 Å². The van der Waals surface area contributed by atoms with Crippen LogP contribution in [-0.2, 0) is 7.05 Å². The zero-order chi connectivity index (χ0) is 22.4. The molecule has 0 aliphatic carbocycles. The molecule has 4 aromatic rings. The fraction of sp³-hybridized carbons (Fsp3) is 0.364. The number of ether oxygens (including phenoxy) is 1. The van der Waals surface area contributed by atoms with E-state index in [1.54, 1.807) is 25.0 Å². The van der Waals surface area contributed by atoms with Crippen LogP contribution in [0.1, 0.15) is 13.8 Å². The summed E-state index contributed by atoms with van der Waals surface area (Å²) in [6, 6.07) is 5.88. The molecule has 0 unspecified atom stereocenters. The molecule has 1 aliphatic heterocycles. The number of hydrogen-bond donors (Lipinski definition) is 2. The van der Waals surface area contributed by atoms with Crippen LogP contribution < -0.4 is 20.3 Å². The number of halogens is 1. The number of nitrogens with zero attached hydrogens (tertiary/aromatic N) is 6. The van der Waals surface area contributed by atoms with E-state index in [1.165, 1.54) is 12.4 Å². The monoisotopic (exact) mass is 436 g/mol. The second-order valence-electron chi connectivity index (χ2n) is 8.30. The lowest BCUT2D eigenvalue weighted by Gasteiger charge is -2.37. The molecule has 1 aliphatic rings. The summed E-state index contributed by atoms with van der Waals surface area (Å²) in [7, 11) is 3.34. The van der Waals surface area contributed by atoms with Crippen molar-refractivity contribution in [3.05, 3.63) is 36.5 Å². The van der Waals surface area contributed by atoms with Crippen LogP contribution in [0, 0.1) is 5.82 Å². The molecule has 10 heteroatoms. The summed E-state index contributed by atoms with van der Waals surface area (Å²) in [5.74, 6) is 1.32. The highest BCUT2D eigenvalue weighted by molar-refractivity contribution is 5.96. The Labute approximate surface area is 184 Å². The quantitative estimate of drug-likeness (QED) is 0.504. The summed E-state index contributed by atoms with van der Waals surface area (Å²) in [6.45, 7) is 5.99. The number of benzene rings is 1. The molecule has 9 nitrogen and oxygen atoms in total. The lowest BCUT2D eigenvalue weighted by Crippen LogP contribution is -2.54. The minimum absolute atomic E-state index is 0.328. The number of fused-ring (bicyclic) bond motifs is 2. The predicted octanol–water partition coefficient (Wildman–Crippen LogP) is 2.99. The molecule has 1 aromatic carbocycles. The van der Waals surface area contributed by atoms with Gasteiger partial charge in [-0.05, 0) is 26.0 Å². The smallest absolute Gasteiger partial charge is 0.228 e. The average Bonchev–Trinajstić information content (AvgIpc) is 3.13. The van der Waals surface area contributed by atoms with Crippen molar-refractivity contribution in [1.29, 1.82) is 0 Å². The maximum absolute atomic E-state index is 14.5. The molecule has 2 N–H and O–H groups in total. The van der Waals surface area contributed by atoms with E-state index >= 15 is 0 Å².